The second-order valence-electron chi connectivity index (χ2n) is 5.28. The Hall–Kier alpha value is -2.24. The summed E-state index contributed by atoms with van der Waals surface area (Å²) in [5, 5.41) is 5.70. The Morgan fingerprint density at radius 3 is 2.90 bits per heavy atom. The first kappa shape index (κ1) is 12.8. The van der Waals surface area contributed by atoms with Crippen molar-refractivity contribution in [1.29, 1.82) is 0 Å². The fourth-order valence-corrected chi connectivity index (χ4v) is 2.80. The summed E-state index contributed by atoms with van der Waals surface area (Å²) in [5.74, 6) is 0.0232. The number of nitrogen functional groups attached to an aromatic ring is 1. The molecule has 4 N–H and O–H groups in total. The van der Waals surface area contributed by atoms with Gasteiger partial charge in [-0.1, -0.05) is 0 Å². The zero-order valence-corrected chi connectivity index (χ0v) is 11.4. The maximum atomic E-state index is 11.8. The molecule has 1 atom stereocenters. The predicted molar refractivity (Wildman–Crippen MR) is 77.6 cm³/mol. The highest BCUT2D eigenvalue weighted by atomic mass is 16.2. The van der Waals surface area contributed by atoms with Gasteiger partial charge in [-0.3, -0.25) is 9.59 Å². The summed E-state index contributed by atoms with van der Waals surface area (Å²) in [6.45, 7) is 3.17. The van der Waals surface area contributed by atoms with Gasteiger partial charge in [0.25, 0.3) is 0 Å². The molecule has 1 saturated heterocycles. The van der Waals surface area contributed by atoms with Crippen LogP contribution in [0.25, 0.3) is 0 Å². The number of nitrogens with zero attached hydrogens (tertiary/aromatic N) is 1. The third-order valence-electron chi connectivity index (χ3n) is 3.96. The van der Waals surface area contributed by atoms with Crippen molar-refractivity contribution in [3.05, 3.63) is 17.7 Å². The lowest BCUT2D eigenvalue weighted by atomic mass is 10.00. The lowest BCUT2D eigenvalue weighted by molar-refractivity contribution is -0.123. The van der Waals surface area contributed by atoms with E-state index in [0.717, 1.165) is 16.9 Å². The van der Waals surface area contributed by atoms with Crippen LogP contribution in [0.3, 0.4) is 0 Å². The Bertz CT molecular complexity index is 585. The van der Waals surface area contributed by atoms with E-state index in [2.05, 4.69) is 10.6 Å². The third kappa shape index (κ3) is 2.07. The SMILES string of the molecule is CC1C(=O)NCCN1c1cc2c(cc1N)CCC(=O)N2. The number of anilines is 3. The first-order valence-electron chi connectivity index (χ1n) is 6.83. The molecule has 0 bridgehead atoms. The molecule has 1 fully saturated rings. The Kier molecular flexibility index (Phi) is 3.00. The number of rotatable bonds is 1. The van der Waals surface area contributed by atoms with Crippen molar-refractivity contribution in [3.63, 3.8) is 0 Å². The van der Waals surface area contributed by atoms with E-state index in [1.807, 2.05) is 24.0 Å². The van der Waals surface area contributed by atoms with Crippen molar-refractivity contribution < 1.29 is 9.59 Å². The number of benzene rings is 1. The number of aryl methyl sites for hydroxylation is 1. The highest BCUT2D eigenvalue weighted by Gasteiger charge is 2.28. The molecule has 0 radical (unpaired) electrons. The minimum absolute atomic E-state index is 0.00240. The van der Waals surface area contributed by atoms with Gasteiger partial charge in [0, 0.05) is 25.2 Å². The van der Waals surface area contributed by atoms with E-state index in [1.54, 1.807) is 0 Å². The molecule has 106 valence electrons. The Balaban J connectivity index is 1.99. The standard InChI is InChI=1S/C14H18N4O2/c1-8-14(20)16-4-5-18(8)12-7-11-9(6-10(12)15)2-3-13(19)17-11/h6-8H,2-5,15H2,1H3,(H,16,20)(H,17,19). The topological polar surface area (TPSA) is 87.5 Å². The number of carbonyl (C=O) groups is 2. The molecule has 2 heterocycles. The van der Waals surface area contributed by atoms with E-state index >= 15 is 0 Å². The van der Waals surface area contributed by atoms with E-state index in [9.17, 15) is 9.59 Å². The fourth-order valence-electron chi connectivity index (χ4n) is 2.80. The molecule has 0 aliphatic carbocycles. The van der Waals surface area contributed by atoms with Crippen LogP contribution < -0.4 is 21.3 Å². The lowest BCUT2D eigenvalue weighted by Gasteiger charge is -2.36. The zero-order chi connectivity index (χ0) is 14.3. The van der Waals surface area contributed by atoms with Crippen molar-refractivity contribution in [3.8, 4) is 0 Å². The third-order valence-corrected chi connectivity index (χ3v) is 3.96. The maximum absolute atomic E-state index is 11.8. The number of hydrogen-bond acceptors (Lipinski definition) is 4. The lowest BCUT2D eigenvalue weighted by Crippen LogP contribution is -2.54. The minimum atomic E-state index is -0.261. The minimum Gasteiger partial charge on any atom is -0.397 e. The predicted octanol–water partition coefficient (Wildman–Crippen LogP) is 0.478. The van der Waals surface area contributed by atoms with Gasteiger partial charge < -0.3 is 21.3 Å². The number of nitrogens with one attached hydrogen (secondary N) is 2. The van der Waals surface area contributed by atoms with Crippen molar-refractivity contribution in [2.75, 3.05) is 29.0 Å². The number of hydrogen-bond donors (Lipinski definition) is 3. The number of fused-ring (bicyclic) bond motifs is 1. The molecule has 0 spiro atoms. The molecule has 6 nitrogen and oxygen atoms in total. The van der Waals surface area contributed by atoms with Crippen LogP contribution >= 0.6 is 0 Å². The first-order valence-corrected chi connectivity index (χ1v) is 6.83. The summed E-state index contributed by atoms with van der Waals surface area (Å²) in [6, 6.07) is 3.53. The molecule has 1 aromatic rings. The van der Waals surface area contributed by atoms with Crippen molar-refractivity contribution in [2.45, 2.75) is 25.8 Å². The van der Waals surface area contributed by atoms with Crippen LogP contribution in [0.15, 0.2) is 12.1 Å². The Morgan fingerprint density at radius 1 is 1.30 bits per heavy atom. The van der Waals surface area contributed by atoms with Crippen LogP contribution in [0.4, 0.5) is 17.1 Å². The highest BCUT2D eigenvalue weighted by Crippen LogP contribution is 2.34. The number of carbonyl (C=O) groups excluding carboxylic acids is 2. The molecule has 0 aromatic heterocycles. The van der Waals surface area contributed by atoms with Gasteiger partial charge in [0.15, 0.2) is 0 Å². The number of nitrogens with two attached hydrogens (primary N) is 1. The second-order valence-corrected chi connectivity index (χ2v) is 5.28. The largest absolute Gasteiger partial charge is 0.397 e. The summed E-state index contributed by atoms with van der Waals surface area (Å²) >= 11 is 0. The molecule has 1 unspecified atom stereocenters. The van der Waals surface area contributed by atoms with Gasteiger partial charge in [-0.2, -0.15) is 0 Å². The molecule has 0 saturated carbocycles. The van der Waals surface area contributed by atoms with Gasteiger partial charge in [-0.25, -0.2) is 0 Å². The smallest absolute Gasteiger partial charge is 0.242 e. The molecular weight excluding hydrogens is 256 g/mol. The van der Waals surface area contributed by atoms with Crippen LogP contribution in [-0.2, 0) is 16.0 Å². The molecule has 20 heavy (non-hydrogen) atoms. The quantitative estimate of drug-likeness (QED) is 0.650. The number of amides is 2. The van der Waals surface area contributed by atoms with Crippen molar-refractivity contribution >= 4 is 28.9 Å². The summed E-state index contributed by atoms with van der Waals surface area (Å²) < 4.78 is 0. The monoisotopic (exact) mass is 274 g/mol. The van der Waals surface area contributed by atoms with Crippen LogP contribution in [0.1, 0.15) is 18.9 Å². The summed E-state index contributed by atoms with van der Waals surface area (Å²) in [4.78, 5) is 25.2. The summed E-state index contributed by atoms with van der Waals surface area (Å²) in [5.41, 5.74) is 9.46. The average molecular weight is 274 g/mol. The molecule has 3 rings (SSSR count). The summed E-state index contributed by atoms with van der Waals surface area (Å²) in [6.07, 6.45) is 1.20. The van der Waals surface area contributed by atoms with Crippen molar-refractivity contribution in [2.24, 2.45) is 0 Å². The molecule has 2 aliphatic rings. The number of piperazine rings is 1. The maximum Gasteiger partial charge on any atom is 0.242 e. The van der Waals surface area contributed by atoms with Gasteiger partial charge in [-0.15, -0.1) is 0 Å². The van der Waals surface area contributed by atoms with E-state index in [1.165, 1.54) is 0 Å². The average Bonchev–Trinajstić information content (AvgIpc) is 2.42. The van der Waals surface area contributed by atoms with Crippen LogP contribution in [0.2, 0.25) is 0 Å². The second kappa shape index (κ2) is 4.70. The Labute approximate surface area is 117 Å². The van der Waals surface area contributed by atoms with Gasteiger partial charge in [0.1, 0.15) is 6.04 Å². The highest BCUT2D eigenvalue weighted by molar-refractivity contribution is 5.96. The van der Waals surface area contributed by atoms with Gasteiger partial charge >= 0.3 is 0 Å². The van der Waals surface area contributed by atoms with E-state index in [-0.39, 0.29) is 17.9 Å². The molecular formula is C14H18N4O2. The summed E-state index contributed by atoms with van der Waals surface area (Å²) in [7, 11) is 0. The zero-order valence-electron chi connectivity index (χ0n) is 11.4. The molecule has 6 heteroatoms. The molecule has 1 aromatic carbocycles. The normalized spacial score (nSPS) is 22.1. The van der Waals surface area contributed by atoms with E-state index in [0.29, 0.717) is 31.6 Å². The van der Waals surface area contributed by atoms with Crippen LogP contribution in [-0.4, -0.2) is 30.9 Å². The molecule has 2 amide bonds. The van der Waals surface area contributed by atoms with Gasteiger partial charge in [0.2, 0.25) is 11.8 Å². The van der Waals surface area contributed by atoms with Gasteiger partial charge in [-0.05, 0) is 31.0 Å². The van der Waals surface area contributed by atoms with E-state index < -0.39 is 0 Å². The Morgan fingerprint density at radius 2 is 2.10 bits per heavy atom. The van der Waals surface area contributed by atoms with Crippen LogP contribution in [0, 0.1) is 0 Å². The molecule has 2 aliphatic heterocycles. The first-order chi connectivity index (χ1) is 9.56. The van der Waals surface area contributed by atoms with Crippen LogP contribution in [0.5, 0.6) is 0 Å². The van der Waals surface area contributed by atoms with Crippen molar-refractivity contribution in [1.82, 2.24) is 5.32 Å². The fraction of sp³-hybridized carbons (Fsp3) is 0.429. The van der Waals surface area contributed by atoms with E-state index in [4.69, 9.17) is 5.73 Å². The van der Waals surface area contributed by atoms with Gasteiger partial charge in [0.05, 0.1) is 11.4 Å².